The Morgan fingerprint density at radius 2 is 1.59 bits per heavy atom. The van der Waals surface area contributed by atoms with Gasteiger partial charge in [0.25, 0.3) is 5.91 Å². The van der Waals surface area contributed by atoms with Crippen LogP contribution in [0.2, 0.25) is 5.02 Å². The summed E-state index contributed by atoms with van der Waals surface area (Å²) in [5.41, 5.74) is 11.8. The maximum Gasteiger partial charge on any atom is 0.273 e. The van der Waals surface area contributed by atoms with Gasteiger partial charge in [-0.3, -0.25) is 9.20 Å². The zero-order valence-corrected chi connectivity index (χ0v) is 22.2. The molecule has 3 aromatic carbocycles. The summed E-state index contributed by atoms with van der Waals surface area (Å²) in [6.07, 6.45) is 5.24. The molecule has 0 aliphatic carbocycles. The predicted molar refractivity (Wildman–Crippen MR) is 153 cm³/mol. The minimum Gasteiger partial charge on any atom is -0.325 e. The number of carbonyl (C=O) groups is 1. The summed E-state index contributed by atoms with van der Waals surface area (Å²) in [6, 6.07) is 22.5. The first-order chi connectivity index (χ1) is 17.9. The van der Waals surface area contributed by atoms with Gasteiger partial charge < -0.3 is 9.88 Å². The predicted octanol–water partition coefficient (Wildman–Crippen LogP) is 8.24. The molecule has 1 N–H and O–H groups in total. The van der Waals surface area contributed by atoms with Crippen LogP contribution < -0.4 is 5.32 Å². The fourth-order valence-electron chi connectivity index (χ4n) is 5.50. The number of nitrogens with zero attached hydrogens (tertiary/aromatic N) is 2. The highest BCUT2D eigenvalue weighted by atomic mass is 35.5. The van der Waals surface area contributed by atoms with Crippen LogP contribution in [0.4, 0.5) is 5.69 Å². The third-order valence-corrected chi connectivity index (χ3v) is 7.85. The van der Waals surface area contributed by atoms with Gasteiger partial charge in [0, 0.05) is 34.6 Å². The lowest BCUT2D eigenvalue weighted by atomic mass is 9.95. The number of carbonyl (C=O) groups excluding carboxylic acids is 1. The average Bonchev–Trinajstić information content (AvgIpc) is 3.30. The van der Waals surface area contributed by atoms with Gasteiger partial charge in [-0.15, -0.1) is 0 Å². The highest BCUT2D eigenvalue weighted by Crippen LogP contribution is 2.40. The van der Waals surface area contributed by atoms with Crippen molar-refractivity contribution < 1.29 is 4.79 Å². The van der Waals surface area contributed by atoms with Crippen LogP contribution in [-0.2, 0) is 13.0 Å². The zero-order chi connectivity index (χ0) is 25.7. The average molecular weight is 508 g/mol. The SMILES string of the molecule is Cc1ccc(NC(=O)c2c(-c3ccc(C)c(C)c3)c3c4n(c(-c5ccc(Cl)cc5)cn24)CCCC3)cc1. The first-order valence-corrected chi connectivity index (χ1v) is 13.3. The molecule has 5 heteroatoms. The van der Waals surface area contributed by atoms with Crippen molar-refractivity contribution in [2.75, 3.05) is 5.32 Å². The topological polar surface area (TPSA) is 38.4 Å². The van der Waals surface area contributed by atoms with E-state index in [1.165, 1.54) is 16.7 Å². The third-order valence-electron chi connectivity index (χ3n) is 7.59. The molecule has 0 saturated carbocycles. The molecule has 0 atom stereocenters. The number of hydrogen-bond acceptors (Lipinski definition) is 1. The van der Waals surface area contributed by atoms with Crippen LogP contribution in [0.5, 0.6) is 0 Å². The lowest BCUT2D eigenvalue weighted by Gasteiger charge is -2.12. The van der Waals surface area contributed by atoms with E-state index >= 15 is 0 Å². The van der Waals surface area contributed by atoms with Crippen LogP contribution in [0.15, 0.2) is 72.9 Å². The molecular weight excluding hydrogens is 478 g/mol. The fraction of sp³-hybridized carbons (Fsp3) is 0.219. The van der Waals surface area contributed by atoms with E-state index in [0.29, 0.717) is 10.7 Å². The van der Waals surface area contributed by atoms with Gasteiger partial charge in [0.1, 0.15) is 11.3 Å². The number of imidazole rings is 1. The van der Waals surface area contributed by atoms with E-state index in [9.17, 15) is 4.79 Å². The first kappa shape index (κ1) is 23.6. The summed E-state index contributed by atoms with van der Waals surface area (Å²) in [5, 5.41) is 3.89. The molecular formula is C32H30ClN3O. The second-order valence-corrected chi connectivity index (χ2v) is 10.6. The number of benzene rings is 3. The van der Waals surface area contributed by atoms with Gasteiger partial charge in [-0.05, 0) is 86.6 Å². The number of rotatable bonds is 4. The van der Waals surface area contributed by atoms with Crippen LogP contribution in [0, 0.1) is 20.8 Å². The molecule has 0 unspecified atom stereocenters. The van der Waals surface area contributed by atoms with E-state index in [1.54, 1.807) is 0 Å². The van der Waals surface area contributed by atoms with E-state index in [-0.39, 0.29) is 5.91 Å². The molecule has 1 amide bonds. The molecule has 0 radical (unpaired) electrons. The number of aromatic nitrogens is 2. The second kappa shape index (κ2) is 9.28. The van der Waals surface area contributed by atoms with Gasteiger partial charge >= 0.3 is 0 Å². The number of aryl methyl sites for hydroxylation is 5. The summed E-state index contributed by atoms with van der Waals surface area (Å²) < 4.78 is 4.51. The van der Waals surface area contributed by atoms with Crippen LogP contribution in [0.1, 0.15) is 45.6 Å². The standard InChI is InChI=1S/C32H30ClN3O/c1-20-7-15-26(16-8-20)34-31(37)30-29(24-10-9-21(2)22(3)18-24)27-6-4-5-17-35-28(19-36(30)32(27)35)23-11-13-25(33)14-12-23/h7-16,18-19H,4-6,17H2,1-3H3,(H,34,37). The lowest BCUT2D eigenvalue weighted by Crippen LogP contribution is -2.15. The minimum atomic E-state index is -0.0984. The normalized spacial score (nSPS) is 13.1. The Balaban J connectivity index is 1.61. The Kier molecular flexibility index (Phi) is 5.92. The van der Waals surface area contributed by atoms with E-state index in [1.807, 2.05) is 43.3 Å². The van der Waals surface area contributed by atoms with Crippen molar-refractivity contribution in [1.82, 2.24) is 8.97 Å². The molecule has 37 heavy (non-hydrogen) atoms. The van der Waals surface area contributed by atoms with Crippen LogP contribution in [0.3, 0.4) is 0 Å². The van der Waals surface area contributed by atoms with Gasteiger partial charge in [0.2, 0.25) is 0 Å². The van der Waals surface area contributed by atoms with E-state index in [4.69, 9.17) is 11.6 Å². The van der Waals surface area contributed by atoms with Gasteiger partial charge in [-0.1, -0.05) is 59.6 Å². The lowest BCUT2D eigenvalue weighted by molar-refractivity contribution is 0.102. The monoisotopic (exact) mass is 507 g/mol. The maximum absolute atomic E-state index is 14.0. The van der Waals surface area contributed by atoms with Crippen molar-refractivity contribution in [3.63, 3.8) is 0 Å². The number of hydrogen-bond donors (Lipinski definition) is 1. The molecule has 5 aromatic rings. The molecule has 0 fully saturated rings. The van der Waals surface area contributed by atoms with Crippen LogP contribution in [-0.4, -0.2) is 14.9 Å². The summed E-state index contributed by atoms with van der Waals surface area (Å²) in [6.45, 7) is 7.22. The van der Waals surface area contributed by atoms with Crippen molar-refractivity contribution >= 4 is 28.8 Å². The van der Waals surface area contributed by atoms with Crippen LogP contribution in [0.25, 0.3) is 28.0 Å². The molecule has 0 spiro atoms. The van der Waals surface area contributed by atoms with Gasteiger partial charge in [-0.25, -0.2) is 0 Å². The van der Waals surface area contributed by atoms with Gasteiger partial charge in [-0.2, -0.15) is 0 Å². The second-order valence-electron chi connectivity index (χ2n) is 10.1. The Labute approximate surface area is 222 Å². The van der Waals surface area contributed by atoms with Gasteiger partial charge in [0.05, 0.1) is 5.69 Å². The molecule has 2 aromatic heterocycles. The highest BCUT2D eigenvalue weighted by molar-refractivity contribution is 6.30. The summed E-state index contributed by atoms with van der Waals surface area (Å²) in [7, 11) is 0. The Morgan fingerprint density at radius 3 is 2.32 bits per heavy atom. The van der Waals surface area contributed by atoms with E-state index in [0.717, 1.165) is 65.1 Å². The summed E-state index contributed by atoms with van der Waals surface area (Å²) in [5.74, 6) is -0.0984. The number of halogens is 1. The van der Waals surface area contributed by atoms with Crippen molar-refractivity contribution in [2.45, 2.75) is 46.6 Å². The maximum atomic E-state index is 14.0. The highest BCUT2D eigenvalue weighted by Gasteiger charge is 2.29. The smallest absolute Gasteiger partial charge is 0.273 e. The van der Waals surface area contributed by atoms with Crippen molar-refractivity contribution in [3.8, 4) is 22.4 Å². The Morgan fingerprint density at radius 1 is 0.865 bits per heavy atom. The molecule has 0 saturated heterocycles. The van der Waals surface area contributed by atoms with Crippen molar-refractivity contribution in [2.24, 2.45) is 0 Å². The Bertz CT molecular complexity index is 1640. The van der Waals surface area contributed by atoms with E-state index < -0.39 is 0 Å². The summed E-state index contributed by atoms with van der Waals surface area (Å²) >= 11 is 6.19. The zero-order valence-electron chi connectivity index (χ0n) is 21.4. The van der Waals surface area contributed by atoms with Crippen molar-refractivity contribution in [3.05, 3.63) is 106 Å². The summed E-state index contributed by atoms with van der Waals surface area (Å²) in [4.78, 5) is 14.0. The Hall–Kier alpha value is -3.76. The quantitative estimate of drug-likeness (QED) is 0.261. The van der Waals surface area contributed by atoms with Crippen molar-refractivity contribution in [1.29, 1.82) is 0 Å². The molecule has 6 rings (SSSR count). The molecule has 3 heterocycles. The largest absolute Gasteiger partial charge is 0.325 e. The van der Waals surface area contributed by atoms with E-state index in [2.05, 4.69) is 64.7 Å². The number of anilines is 1. The molecule has 4 nitrogen and oxygen atoms in total. The number of amides is 1. The van der Waals surface area contributed by atoms with Crippen LogP contribution >= 0.6 is 11.6 Å². The number of nitrogens with one attached hydrogen (secondary N) is 1. The molecule has 186 valence electrons. The minimum absolute atomic E-state index is 0.0984. The fourth-order valence-corrected chi connectivity index (χ4v) is 5.62. The molecule has 1 aliphatic rings. The molecule has 1 aliphatic heterocycles. The van der Waals surface area contributed by atoms with Gasteiger partial charge in [0.15, 0.2) is 0 Å². The third kappa shape index (κ3) is 4.15. The molecule has 0 bridgehead atoms. The first-order valence-electron chi connectivity index (χ1n) is 12.9.